The van der Waals surface area contributed by atoms with Crippen LogP contribution in [0.2, 0.25) is 18.1 Å². The quantitative estimate of drug-likeness (QED) is 0.198. The van der Waals surface area contributed by atoms with E-state index in [1.54, 1.807) is 0 Å². The van der Waals surface area contributed by atoms with Gasteiger partial charge in [0.2, 0.25) is 0 Å². The highest BCUT2D eigenvalue weighted by Crippen LogP contribution is 2.89. The highest BCUT2D eigenvalue weighted by atomic mass is 28.4. The molecule has 1 unspecified atom stereocenters. The summed E-state index contributed by atoms with van der Waals surface area (Å²) in [6, 6.07) is 3.47. The number of hydrogen-bond donors (Lipinski definition) is 1. The van der Waals surface area contributed by atoms with E-state index in [1.807, 2.05) is 13.8 Å². The third kappa shape index (κ3) is 4.52. The number of alkyl carbamates (subject to hydrolysis) is 1. The molecular formula is C40H69NO4Si. The first-order valence-corrected chi connectivity index (χ1v) is 22.0. The van der Waals surface area contributed by atoms with Gasteiger partial charge in [-0.2, -0.15) is 0 Å². The van der Waals surface area contributed by atoms with Crippen molar-refractivity contribution < 1.29 is 18.7 Å². The van der Waals surface area contributed by atoms with Crippen molar-refractivity contribution in [2.45, 2.75) is 170 Å². The predicted molar refractivity (Wildman–Crippen MR) is 190 cm³/mol. The van der Waals surface area contributed by atoms with Crippen molar-refractivity contribution in [3.05, 3.63) is 12.2 Å². The van der Waals surface area contributed by atoms with Gasteiger partial charge in [0.05, 0.1) is 18.3 Å². The molecule has 1 aliphatic heterocycles. The molecule has 0 aromatic rings. The molecule has 6 heteroatoms. The maximum absolute atomic E-state index is 12.7. The van der Waals surface area contributed by atoms with E-state index in [9.17, 15) is 4.79 Å². The van der Waals surface area contributed by atoms with Crippen LogP contribution in [0.15, 0.2) is 12.2 Å². The summed E-state index contributed by atoms with van der Waals surface area (Å²) in [7, 11) is -1.97. The van der Waals surface area contributed by atoms with Gasteiger partial charge in [-0.05, 0) is 140 Å². The number of amides is 1. The Hall–Kier alpha value is -0.853. The number of fused-ring (bicyclic) bond motifs is 4. The average Bonchev–Trinajstić information content (AvgIpc) is 3.64. The van der Waals surface area contributed by atoms with Crippen LogP contribution in [0, 0.1) is 56.7 Å². The second-order valence-corrected chi connectivity index (χ2v) is 23.2. The molecule has 2 spiro atoms. The summed E-state index contributed by atoms with van der Waals surface area (Å²) in [5, 5.41) is 2.84. The molecule has 5 aliphatic carbocycles. The molecule has 0 aromatic carbocycles. The van der Waals surface area contributed by atoms with Gasteiger partial charge in [0.25, 0.3) is 0 Å². The minimum atomic E-state index is -1.97. The van der Waals surface area contributed by atoms with E-state index in [0.717, 1.165) is 42.0 Å². The molecule has 6 aliphatic rings. The number of rotatable bonds is 9. The molecule has 0 bridgehead atoms. The zero-order valence-corrected chi connectivity index (χ0v) is 32.5. The normalized spacial score (nSPS) is 47.7. The van der Waals surface area contributed by atoms with Gasteiger partial charge in [0.15, 0.2) is 14.4 Å². The lowest BCUT2D eigenvalue weighted by atomic mass is 9.41. The lowest BCUT2D eigenvalue weighted by Crippen LogP contribution is -2.60. The van der Waals surface area contributed by atoms with Crippen LogP contribution in [-0.2, 0) is 13.9 Å². The molecule has 1 saturated heterocycles. The zero-order chi connectivity index (χ0) is 33.7. The maximum Gasteiger partial charge on any atom is 0.407 e. The smallest absolute Gasteiger partial charge is 0.407 e. The summed E-state index contributed by atoms with van der Waals surface area (Å²) in [5.41, 5.74) is 2.50. The van der Waals surface area contributed by atoms with Crippen LogP contribution in [0.4, 0.5) is 4.79 Å². The van der Waals surface area contributed by atoms with Crippen LogP contribution < -0.4 is 5.32 Å². The second-order valence-electron chi connectivity index (χ2n) is 18.5. The molecule has 6 rings (SSSR count). The van der Waals surface area contributed by atoms with Crippen LogP contribution in [-0.4, -0.2) is 45.4 Å². The van der Waals surface area contributed by atoms with E-state index in [4.69, 9.17) is 13.9 Å². The number of nitrogens with one attached hydrogen (secondary N) is 1. The van der Waals surface area contributed by atoms with Crippen LogP contribution >= 0.6 is 0 Å². The Morgan fingerprint density at radius 2 is 1.59 bits per heavy atom. The van der Waals surface area contributed by atoms with E-state index in [2.05, 4.69) is 74.2 Å². The van der Waals surface area contributed by atoms with E-state index in [1.165, 1.54) is 44.9 Å². The molecule has 5 nitrogen and oxygen atoms in total. The fraction of sp³-hybridized carbons (Fsp3) is 0.925. The minimum absolute atomic E-state index is 0.0188. The van der Waals surface area contributed by atoms with Gasteiger partial charge in [-0.3, -0.25) is 0 Å². The third-order valence-electron chi connectivity index (χ3n) is 17.0. The Balaban J connectivity index is 1.43. The summed E-state index contributed by atoms with van der Waals surface area (Å²) < 4.78 is 21.3. The number of ether oxygens (including phenoxy) is 2. The Morgan fingerprint density at radius 1 is 0.957 bits per heavy atom. The SMILES string of the molecule is C=C(C)C(OC(=O)NCC)[C@H]1C[C@@H](C)[C@H]2[C@H](O1)[C@H](O[Si](CC)(CC)CC)[C@@]1(C)[C@@H]3CC[C@H]4C(C)(C)[C@@H](C)CC[C@@]45C[C@@]35CC[C@]21C. The number of carbonyl (C=O) groups excluding carboxylic acids is 1. The summed E-state index contributed by atoms with van der Waals surface area (Å²) in [4.78, 5) is 12.7. The lowest BCUT2D eigenvalue weighted by Gasteiger charge is -2.64. The van der Waals surface area contributed by atoms with Crippen LogP contribution in [0.25, 0.3) is 0 Å². The zero-order valence-electron chi connectivity index (χ0n) is 31.5. The standard InChI is InChI=1S/C40H69NO4Si/c1-13-41-35(42)44-32(25(5)6)28-23-26(7)31-33(43-28)34(45-46(14-2,15-3)16-4)38(12)30-18-17-29-36(9,10)27(8)19-20-39(29)24-40(30,39)22-21-37(31,38)11/h26-34H,5,13-24H2,1-4,6-12H3,(H,41,42)/t26-,27+,28-,29+,30+,31+,32?,33+,34+,37-,38-,39-,40+/m1/s1. The van der Waals surface area contributed by atoms with Crippen LogP contribution in [0.3, 0.4) is 0 Å². The molecule has 262 valence electrons. The molecule has 1 amide bonds. The van der Waals surface area contributed by atoms with E-state index in [-0.39, 0.29) is 35.2 Å². The Bertz CT molecular complexity index is 1190. The number of hydrogen-bond acceptors (Lipinski definition) is 4. The minimum Gasteiger partial charge on any atom is -0.439 e. The first-order valence-electron chi connectivity index (χ1n) is 19.5. The Labute approximate surface area is 283 Å². The average molecular weight is 656 g/mol. The van der Waals surface area contributed by atoms with Crippen LogP contribution in [0.5, 0.6) is 0 Å². The van der Waals surface area contributed by atoms with Gasteiger partial charge >= 0.3 is 6.09 Å². The molecule has 5 saturated carbocycles. The summed E-state index contributed by atoms with van der Waals surface area (Å²) >= 11 is 0. The fourth-order valence-electron chi connectivity index (χ4n) is 13.9. The summed E-state index contributed by atoms with van der Waals surface area (Å²) in [6.07, 6.45) is 9.66. The Morgan fingerprint density at radius 3 is 2.20 bits per heavy atom. The van der Waals surface area contributed by atoms with Crippen molar-refractivity contribution >= 4 is 14.4 Å². The van der Waals surface area contributed by atoms with Crippen molar-refractivity contribution in [2.24, 2.45) is 56.7 Å². The maximum atomic E-state index is 12.7. The molecule has 1 heterocycles. The van der Waals surface area contributed by atoms with Crippen molar-refractivity contribution in [1.82, 2.24) is 5.32 Å². The summed E-state index contributed by atoms with van der Waals surface area (Å²) in [6.45, 7) is 31.5. The first-order chi connectivity index (χ1) is 21.6. The largest absolute Gasteiger partial charge is 0.439 e. The third-order valence-corrected chi connectivity index (χ3v) is 21.6. The molecule has 6 fully saturated rings. The van der Waals surface area contributed by atoms with Crippen molar-refractivity contribution in [2.75, 3.05) is 6.54 Å². The molecule has 13 atom stereocenters. The van der Waals surface area contributed by atoms with Gasteiger partial charge in [-0.15, -0.1) is 0 Å². The van der Waals surface area contributed by atoms with E-state index >= 15 is 0 Å². The Kier molecular flexibility index (Phi) is 8.83. The number of carbonyl (C=O) groups is 1. The van der Waals surface area contributed by atoms with E-state index < -0.39 is 14.4 Å². The van der Waals surface area contributed by atoms with E-state index in [0.29, 0.717) is 40.5 Å². The molecular weight excluding hydrogens is 587 g/mol. The van der Waals surface area contributed by atoms with Crippen LogP contribution in [0.1, 0.15) is 128 Å². The monoisotopic (exact) mass is 655 g/mol. The van der Waals surface area contributed by atoms with Gasteiger partial charge in [-0.25, -0.2) is 4.79 Å². The lowest BCUT2D eigenvalue weighted by molar-refractivity contribution is -0.172. The topological polar surface area (TPSA) is 56.8 Å². The van der Waals surface area contributed by atoms with Gasteiger partial charge < -0.3 is 19.2 Å². The highest BCUT2D eigenvalue weighted by molar-refractivity contribution is 6.73. The highest BCUT2D eigenvalue weighted by Gasteiger charge is 2.84. The molecule has 46 heavy (non-hydrogen) atoms. The van der Waals surface area contributed by atoms with Gasteiger partial charge in [-0.1, -0.05) is 68.9 Å². The molecule has 0 aromatic heterocycles. The van der Waals surface area contributed by atoms with Crippen molar-refractivity contribution in [3.8, 4) is 0 Å². The molecule has 0 radical (unpaired) electrons. The summed E-state index contributed by atoms with van der Waals surface area (Å²) in [5.74, 6) is 3.25. The first kappa shape index (κ1) is 35.0. The molecule has 1 N–H and O–H groups in total. The second kappa shape index (κ2) is 11.6. The van der Waals surface area contributed by atoms with Gasteiger partial charge in [0, 0.05) is 12.0 Å². The van der Waals surface area contributed by atoms with Gasteiger partial charge in [0.1, 0.15) is 0 Å². The predicted octanol–water partition coefficient (Wildman–Crippen LogP) is 10.2. The fourth-order valence-corrected chi connectivity index (χ4v) is 16.9. The van der Waals surface area contributed by atoms with Crippen molar-refractivity contribution in [1.29, 1.82) is 0 Å². The van der Waals surface area contributed by atoms with Crippen molar-refractivity contribution in [3.63, 3.8) is 0 Å².